The highest BCUT2D eigenvalue weighted by Gasteiger charge is 2.26. The van der Waals surface area contributed by atoms with E-state index in [0.29, 0.717) is 12.5 Å². The first-order chi connectivity index (χ1) is 10.5. The Balaban J connectivity index is 1.50. The molecule has 0 aromatic carbocycles. The number of aromatic nitrogens is 3. The Bertz CT molecular complexity index is 673. The second-order valence-electron chi connectivity index (χ2n) is 5.84. The Morgan fingerprint density at radius 2 is 2.32 bits per heavy atom. The van der Waals surface area contributed by atoms with Crippen LogP contribution in [0.25, 0.3) is 0 Å². The summed E-state index contributed by atoms with van der Waals surface area (Å²) in [5, 5.41) is 13.3. The third-order valence-corrected chi connectivity index (χ3v) is 4.85. The van der Waals surface area contributed by atoms with Gasteiger partial charge in [0.1, 0.15) is 0 Å². The van der Waals surface area contributed by atoms with Crippen LogP contribution in [-0.2, 0) is 13.6 Å². The number of urea groups is 1. The van der Waals surface area contributed by atoms with Crippen molar-refractivity contribution in [2.24, 2.45) is 7.05 Å². The summed E-state index contributed by atoms with van der Waals surface area (Å²) < 4.78 is 1.76. The molecule has 2 heterocycles. The lowest BCUT2D eigenvalue weighted by atomic mass is 10.1. The lowest BCUT2D eigenvalue weighted by molar-refractivity contribution is 0.237. The monoisotopic (exact) mass is 319 g/mol. The maximum absolute atomic E-state index is 12.0. The third-order valence-electron chi connectivity index (χ3n) is 3.79. The summed E-state index contributed by atoms with van der Waals surface area (Å²) in [6, 6.07) is -0.261. The van der Waals surface area contributed by atoms with E-state index in [9.17, 15) is 4.79 Å². The summed E-state index contributed by atoms with van der Waals surface area (Å²) in [4.78, 5) is 16.6. The van der Waals surface area contributed by atoms with Crippen molar-refractivity contribution < 1.29 is 4.79 Å². The largest absolute Gasteiger partial charge is 0.332 e. The number of nitrogens with one attached hydrogen (secondary N) is 2. The van der Waals surface area contributed by atoms with Crippen LogP contribution < -0.4 is 10.6 Å². The first kappa shape index (κ1) is 15.0. The summed E-state index contributed by atoms with van der Waals surface area (Å²) in [6.45, 7) is 4.37. The molecule has 3 rings (SSSR count). The van der Waals surface area contributed by atoms with E-state index >= 15 is 0 Å². The Kier molecular flexibility index (Phi) is 4.15. The summed E-state index contributed by atoms with van der Waals surface area (Å²) >= 11 is 1.69. The average Bonchev–Trinajstić information content (AvgIpc) is 3.11. The molecule has 0 aliphatic heterocycles. The van der Waals surface area contributed by atoms with Crippen LogP contribution >= 0.6 is 11.3 Å². The van der Waals surface area contributed by atoms with Gasteiger partial charge < -0.3 is 10.6 Å². The Labute approximate surface area is 133 Å². The quantitative estimate of drug-likeness (QED) is 0.890. The summed E-state index contributed by atoms with van der Waals surface area (Å²) in [6.07, 6.45) is 4.44. The Morgan fingerprint density at radius 1 is 1.55 bits per heavy atom. The van der Waals surface area contributed by atoms with Gasteiger partial charge in [-0.15, -0.1) is 11.3 Å². The second-order valence-corrected chi connectivity index (χ2v) is 6.73. The van der Waals surface area contributed by atoms with Crippen LogP contribution in [0.1, 0.15) is 53.7 Å². The van der Waals surface area contributed by atoms with E-state index < -0.39 is 0 Å². The lowest BCUT2D eigenvalue weighted by Gasteiger charge is -2.13. The van der Waals surface area contributed by atoms with Gasteiger partial charge in [0.15, 0.2) is 0 Å². The molecular weight excluding hydrogens is 298 g/mol. The molecule has 0 spiro atoms. The van der Waals surface area contributed by atoms with Crippen LogP contribution in [0.3, 0.4) is 0 Å². The molecule has 6 nitrogen and oxygen atoms in total. The first-order valence-electron chi connectivity index (χ1n) is 7.51. The van der Waals surface area contributed by atoms with Gasteiger partial charge in [0.05, 0.1) is 29.0 Å². The Hall–Kier alpha value is -1.89. The van der Waals surface area contributed by atoms with Crippen molar-refractivity contribution >= 4 is 17.4 Å². The maximum atomic E-state index is 12.0. The van der Waals surface area contributed by atoms with Gasteiger partial charge in [0, 0.05) is 30.1 Å². The molecule has 2 amide bonds. The molecule has 22 heavy (non-hydrogen) atoms. The van der Waals surface area contributed by atoms with Crippen LogP contribution in [0.15, 0.2) is 11.6 Å². The zero-order valence-electron chi connectivity index (χ0n) is 13.1. The molecule has 1 unspecified atom stereocenters. The van der Waals surface area contributed by atoms with Crippen LogP contribution in [0.5, 0.6) is 0 Å². The van der Waals surface area contributed by atoms with Gasteiger partial charge in [0.2, 0.25) is 0 Å². The number of rotatable bonds is 5. The molecule has 1 aliphatic carbocycles. The fourth-order valence-corrected chi connectivity index (χ4v) is 3.45. The SMILES string of the molecule is Cc1nn(C)cc1C(C)NC(=O)NCc1csc(C2CC2)n1. The fraction of sp³-hybridized carbons (Fsp3) is 0.533. The molecule has 1 atom stereocenters. The summed E-state index contributed by atoms with van der Waals surface area (Å²) in [5.74, 6) is 0.668. The van der Waals surface area contributed by atoms with Gasteiger partial charge in [-0.2, -0.15) is 5.10 Å². The van der Waals surface area contributed by atoms with E-state index in [4.69, 9.17) is 0 Å². The molecule has 1 fully saturated rings. The fourth-order valence-electron chi connectivity index (χ4n) is 2.46. The number of hydrogen-bond acceptors (Lipinski definition) is 4. The summed E-state index contributed by atoms with van der Waals surface area (Å²) in [5.41, 5.74) is 2.90. The number of carbonyl (C=O) groups is 1. The summed E-state index contributed by atoms with van der Waals surface area (Å²) in [7, 11) is 1.88. The second kappa shape index (κ2) is 6.08. The highest BCUT2D eigenvalue weighted by molar-refractivity contribution is 7.09. The first-order valence-corrected chi connectivity index (χ1v) is 8.39. The van der Waals surface area contributed by atoms with E-state index in [1.807, 2.05) is 32.5 Å². The zero-order chi connectivity index (χ0) is 15.7. The van der Waals surface area contributed by atoms with Gasteiger partial charge in [-0.3, -0.25) is 4.68 Å². The van der Waals surface area contributed by atoms with Crippen molar-refractivity contribution in [2.45, 2.75) is 45.2 Å². The zero-order valence-corrected chi connectivity index (χ0v) is 13.9. The van der Waals surface area contributed by atoms with E-state index in [2.05, 4.69) is 20.7 Å². The number of amides is 2. The minimum atomic E-state index is -0.184. The van der Waals surface area contributed by atoms with Crippen LogP contribution in [-0.4, -0.2) is 20.8 Å². The molecule has 118 valence electrons. The number of hydrogen-bond donors (Lipinski definition) is 2. The van der Waals surface area contributed by atoms with E-state index in [1.54, 1.807) is 16.0 Å². The molecular formula is C15H21N5OS. The van der Waals surface area contributed by atoms with E-state index in [0.717, 1.165) is 17.0 Å². The third kappa shape index (κ3) is 3.47. The van der Waals surface area contributed by atoms with Crippen molar-refractivity contribution in [2.75, 3.05) is 0 Å². The molecule has 2 aromatic rings. The maximum Gasteiger partial charge on any atom is 0.315 e. The molecule has 1 saturated carbocycles. The Morgan fingerprint density at radius 3 is 2.95 bits per heavy atom. The smallest absolute Gasteiger partial charge is 0.315 e. The minimum absolute atomic E-state index is 0.0776. The molecule has 0 saturated heterocycles. The van der Waals surface area contributed by atoms with Gasteiger partial charge in [-0.1, -0.05) is 0 Å². The highest BCUT2D eigenvalue weighted by atomic mass is 32.1. The molecule has 0 bridgehead atoms. The van der Waals surface area contributed by atoms with Crippen molar-refractivity contribution in [1.82, 2.24) is 25.4 Å². The van der Waals surface area contributed by atoms with Crippen molar-refractivity contribution in [1.29, 1.82) is 0 Å². The molecule has 7 heteroatoms. The lowest BCUT2D eigenvalue weighted by Crippen LogP contribution is -2.36. The average molecular weight is 319 g/mol. The molecule has 2 aromatic heterocycles. The van der Waals surface area contributed by atoms with Gasteiger partial charge in [0.25, 0.3) is 0 Å². The van der Waals surface area contributed by atoms with Crippen molar-refractivity contribution in [3.8, 4) is 0 Å². The van der Waals surface area contributed by atoms with Crippen molar-refractivity contribution in [3.05, 3.63) is 33.5 Å². The van der Waals surface area contributed by atoms with Gasteiger partial charge in [-0.25, -0.2) is 9.78 Å². The minimum Gasteiger partial charge on any atom is -0.332 e. The normalized spacial score (nSPS) is 15.6. The molecule has 2 N–H and O–H groups in total. The number of carbonyl (C=O) groups excluding carboxylic acids is 1. The number of thiazole rings is 1. The standard InChI is InChI=1S/C15H21N5OS/c1-9(13-7-20(3)19-10(13)2)17-15(21)16-6-12-8-22-14(18-12)11-4-5-11/h7-9,11H,4-6H2,1-3H3,(H2,16,17,21). The van der Waals surface area contributed by atoms with Crippen LogP contribution in [0.2, 0.25) is 0 Å². The van der Waals surface area contributed by atoms with Gasteiger partial charge in [-0.05, 0) is 26.7 Å². The predicted octanol–water partition coefficient (Wildman–Crippen LogP) is 2.62. The van der Waals surface area contributed by atoms with Gasteiger partial charge >= 0.3 is 6.03 Å². The predicted molar refractivity (Wildman–Crippen MR) is 85.8 cm³/mol. The molecule has 1 aliphatic rings. The molecule has 0 radical (unpaired) electrons. The van der Waals surface area contributed by atoms with Crippen LogP contribution in [0.4, 0.5) is 4.79 Å². The number of nitrogens with zero attached hydrogens (tertiary/aromatic N) is 3. The number of aryl methyl sites for hydroxylation is 2. The van der Waals surface area contributed by atoms with Crippen molar-refractivity contribution in [3.63, 3.8) is 0 Å². The van der Waals surface area contributed by atoms with E-state index in [-0.39, 0.29) is 12.1 Å². The van der Waals surface area contributed by atoms with Crippen LogP contribution in [0, 0.1) is 6.92 Å². The topological polar surface area (TPSA) is 71.8 Å². The highest BCUT2D eigenvalue weighted by Crippen LogP contribution is 2.41. The van der Waals surface area contributed by atoms with E-state index in [1.165, 1.54) is 17.8 Å².